The van der Waals surface area contributed by atoms with Gasteiger partial charge in [-0.15, -0.1) is 11.3 Å². The molecule has 3 heterocycles. The lowest BCUT2D eigenvalue weighted by Gasteiger charge is -2.26. The van der Waals surface area contributed by atoms with Gasteiger partial charge in [-0.25, -0.2) is 15.0 Å². The quantitative estimate of drug-likeness (QED) is 0.182. The number of fused-ring (bicyclic) bond motifs is 9. The summed E-state index contributed by atoms with van der Waals surface area (Å²) in [5.74, 6) is 4.60. The van der Waals surface area contributed by atoms with E-state index in [0.717, 1.165) is 39.1 Å². The molecule has 0 spiro atoms. The lowest BCUT2D eigenvalue weighted by molar-refractivity contribution is 0.361. The number of rotatable bonds is 4. The van der Waals surface area contributed by atoms with Crippen LogP contribution in [0.4, 0.5) is 0 Å². The fourth-order valence-corrected chi connectivity index (χ4v) is 9.32. The van der Waals surface area contributed by atoms with E-state index in [2.05, 4.69) is 105 Å². The fraction of sp³-hybridized carbons (Fsp3) is 0.0625. The monoisotopic (exact) mass is 713 g/mol. The van der Waals surface area contributed by atoms with Gasteiger partial charge in [-0.1, -0.05) is 141 Å². The number of ether oxygens (including phenoxy) is 2. The molecule has 1 aliphatic heterocycles. The van der Waals surface area contributed by atoms with Crippen molar-refractivity contribution >= 4 is 31.5 Å². The minimum Gasteiger partial charge on any atom is -0.449 e. The molecule has 9 aromatic rings. The van der Waals surface area contributed by atoms with Crippen molar-refractivity contribution in [1.29, 1.82) is 0 Å². The van der Waals surface area contributed by atoms with Gasteiger partial charge >= 0.3 is 0 Å². The predicted molar refractivity (Wildman–Crippen MR) is 219 cm³/mol. The summed E-state index contributed by atoms with van der Waals surface area (Å²) in [5, 5.41) is 2.50. The molecule has 0 unspecified atom stereocenters. The zero-order chi connectivity index (χ0) is 36.0. The molecule has 54 heavy (non-hydrogen) atoms. The summed E-state index contributed by atoms with van der Waals surface area (Å²) in [5.41, 5.74) is 9.18. The number of para-hydroxylation sites is 1. The van der Waals surface area contributed by atoms with Gasteiger partial charge < -0.3 is 9.47 Å². The Morgan fingerprint density at radius 2 is 1.11 bits per heavy atom. The molecular weight excluding hydrogens is 683 g/mol. The van der Waals surface area contributed by atoms with Crippen LogP contribution in [0.1, 0.15) is 25.0 Å². The molecule has 1 aliphatic carbocycles. The van der Waals surface area contributed by atoms with Gasteiger partial charge in [0.1, 0.15) is 0 Å². The summed E-state index contributed by atoms with van der Waals surface area (Å²) in [6.07, 6.45) is 0. The van der Waals surface area contributed by atoms with Crippen molar-refractivity contribution in [2.45, 2.75) is 19.3 Å². The topological polar surface area (TPSA) is 57.1 Å². The molecule has 0 fully saturated rings. The average Bonchev–Trinajstić information content (AvgIpc) is 3.71. The third-order valence-electron chi connectivity index (χ3n) is 10.8. The molecule has 5 nitrogen and oxygen atoms in total. The molecule has 7 aromatic carbocycles. The maximum absolute atomic E-state index is 7.02. The van der Waals surface area contributed by atoms with Gasteiger partial charge in [0.2, 0.25) is 0 Å². The lowest BCUT2D eigenvalue weighted by Crippen LogP contribution is -2.15. The first-order chi connectivity index (χ1) is 26.5. The highest BCUT2D eigenvalue weighted by molar-refractivity contribution is 7.25. The van der Waals surface area contributed by atoms with E-state index in [4.69, 9.17) is 24.4 Å². The molecule has 0 bridgehead atoms. The van der Waals surface area contributed by atoms with E-state index in [9.17, 15) is 0 Å². The standard InChI is InChI=1S/C48H31N3O2S/c1-48(2)36-20-10-8-18-35(36)42-37(48)25-26-39-44(42)53-43-33(19-12-21-38(43)52-39)30-15-6-7-17-34(30)47-50-45(28-13-4-3-5-14-28)49-46(51-47)29-23-24-32-31-16-9-11-22-40(31)54-41(32)27-29/h3-27H,1-2H3. The number of benzene rings is 7. The van der Waals surface area contributed by atoms with Gasteiger partial charge in [0.15, 0.2) is 40.5 Å². The second kappa shape index (κ2) is 11.7. The van der Waals surface area contributed by atoms with Crippen molar-refractivity contribution in [3.63, 3.8) is 0 Å². The van der Waals surface area contributed by atoms with Gasteiger partial charge in [-0.2, -0.15) is 0 Å². The van der Waals surface area contributed by atoms with Gasteiger partial charge in [0.05, 0.1) is 0 Å². The Kier molecular flexibility index (Phi) is 6.70. The summed E-state index contributed by atoms with van der Waals surface area (Å²) in [4.78, 5) is 15.4. The SMILES string of the molecule is CC1(C)c2ccccc2-c2c1ccc1c2Oc2c(cccc2-c2ccccc2-c2nc(-c3ccccc3)nc(-c3ccc4c(c3)sc3ccccc34)n2)O1. The third kappa shape index (κ3) is 4.67. The minimum atomic E-state index is -0.162. The van der Waals surface area contributed by atoms with Gasteiger partial charge in [0.25, 0.3) is 0 Å². The Morgan fingerprint density at radius 1 is 0.444 bits per heavy atom. The van der Waals surface area contributed by atoms with Crippen LogP contribution in [0.3, 0.4) is 0 Å². The number of nitrogens with zero attached hydrogens (tertiary/aromatic N) is 3. The van der Waals surface area contributed by atoms with Crippen LogP contribution >= 0.6 is 11.3 Å². The van der Waals surface area contributed by atoms with Gasteiger partial charge in [-0.3, -0.25) is 0 Å². The highest BCUT2D eigenvalue weighted by Gasteiger charge is 2.40. The highest BCUT2D eigenvalue weighted by Crippen LogP contribution is 2.59. The summed E-state index contributed by atoms with van der Waals surface area (Å²) in [7, 11) is 0. The van der Waals surface area contributed by atoms with Crippen molar-refractivity contribution < 1.29 is 9.47 Å². The van der Waals surface area contributed by atoms with Crippen LogP contribution in [-0.4, -0.2) is 15.0 Å². The van der Waals surface area contributed by atoms with Gasteiger partial charge in [0, 0.05) is 53.4 Å². The fourth-order valence-electron chi connectivity index (χ4n) is 8.18. The Labute approximate surface area is 316 Å². The van der Waals surface area contributed by atoms with E-state index in [0.29, 0.717) is 34.7 Å². The normalized spacial score (nSPS) is 13.4. The van der Waals surface area contributed by atoms with Crippen LogP contribution in [-0.2, 0) is 5.41 Å². The van der Waals surface area contributed by atoms with E-state index in [1.54, 1.807) is 11.3 Å². The van der Waals surface area contributed by atoms with E-state index in [1.807, 2.05) is 60.7 Å². The first-order valence-corrected chi connectivity index (χ1v) is 18.9. The molecule has 6 heteroatoms. The molecule has 11 rings (SSSR count). The summed E-state index contributed by atoms with van der Waals surface area (Å²) in [6, 6.07) is 52.3. The third-order valence-corrected chi connectivity index (χ3v) is 12.0. The second-order valence-corrected chi connectivity index (χ2v) is 15.4. The lowest BCUT2D eigenvalue weighted by atomic mass is 9.82. The molecule has 0 N–H and O–H groups in total. The molecule has 0 saturated carbocycles. The first kappa shape index (κ1) is 30.9. The maximum Gasteiger partial charge on any atom is 0.178 e. The van der Waals surface area contributed by atoms with E-state index < -0.39 is 0 Å². The second-order valence-electron chi connectivity index (χ2n) is 14.3. The summed E-state index contributed by atoms with van der Waals surface area (Å²) in [6.45, 7) is 4.55. The van der Waals surface area contributed by atoms with Crippen molar-refractivity contribution in [3.8, 4) is 79.4 Å². The van der Waals surface area contributed by atoms with Crippen LogP contribution < -0.4 is 9.47 Å². The Bertz CT molecular complexity index is 2990. The number of thiophene rings is 1. The van der Waals surface area contributed by atoms with E-state index >= 15 is 0 Å². The molecule has 0 amide bonds. The maximum atomic E-state index is 7.02. The Hall–Kier alpha value is -6.63. The predicted octanol–water partition coefficient (Wildman–Crippen LogP) is 13.1. The number of aromatic nitrogens is 3. The molecule has 2 aliphatic rings. The largest absolute Gasteiger partial charge is 0.449 e. The van der Waals surface area contributed by atoms with Crippen molar-refractivity contribution in [2.24, 2.45) is 0 Å². The molecule has 256 valence electrons. The summed E-state index contributed by atoms with van der Waals surface area (Å²) < 4.78 is 16.1. The smallest absolute Gasteiger partial charge is 0.178 e. The van der Waals surface area contributed by atoms with Crippen molar-refractivity contribution in [1.82, 2.24) is 15.0 Å². The Morgan fingerprint density at radius 3 is 1.98 bits per heavy atom. The first-order valence-electron chi connectivity index (χ1n) is 18.1. The molecule has 0 radical (unpaired) electrons. The van der Waals surface area contributed by atoms with E-state index in [1.165, 1.54) is 36.9 Å². The minimum absolute atomic E-state index is 0.162. The average molecular weight is 714 g/mol. The van der Waals surface area contributed by atoms with Crippen LogP contribution in [0, 0.1) is 0 Å². The number of hydrogen-bond donors (Lipinski definition) is 0. The molecule has 0 atom stereocenters. The van der Waals surface area contributed by atoms with Crippen molar-refractivity contribution in [2.75, 3.05) is 0 Å². The van der Waals surface area contributed by atoms with E-state index in [-0.39, 0.29) is 5.41 Å². The summed E-state index contributed by atoms with van der Waals surface area (Å²) >= 11 is 1.79. The zero-order valence-electron chi connectivity index (χ0n) is 29.5. The van der Waals surface area contributed by atoms with Crippen LogP contribution in [0.5, 0.6) is 23.0 Å². The van der Waals surface area contributed by atoms with Crippen LogP contribution in [0.15, 0.2) is 152 Å². The van der Waals surface area contributed by atoms with Crippen molar-refractivity contribution in [3.05, 3.63) is 163 Å². The zero-order valence-corrected chi connectivity index (χ0v) is 30.3. The molecule has 2 aromatic heterocycles. The highest BCUT2D eigenvalue weighted by atomic mass is 32.1. The number of hydrogen-bond acceptors (Lipinski definition) is 6. The van der Waals surface area contributed by atoms with Gasteiger partial charge in [-0.05, 0) is 46.5 Å². The Balaban J connectivity index is 1.07. The van der Waals surface area contributed by atoms with Crippen LogP contribution in [0.2, 0.25) is 0 Å². The van der Waals surface area contributed by atoms with Crippen LogP contribution in [0.25, 0.3) is 76.6 Å². The molecule has 0 saturated heterocycles. The molecular formula is C48H31N3O2S.